The number of nitrogens with zero attached hydrogens (tertiary/aromatic N) is 1. The van der Waals surface area contributed by atoms with Crippen LogP contribution in [0.4, 0.5) is 0 Å². The quantitative estimate of drug-likeness (QED) is 0.585. The second-order valence-electron chi connectivity index (χ2n) is 10.5. The zero-order valence-corrected chi connectivity index (χ0v) is 19.9. The summed E-state index contributed by atoms with van der Waals surface area (Å²) in [5, 5.41) is 0. The molecule has 1 heterocycles. The molecule has 0 spiro atoms. The third-order valence-electron chi connectivity index (χ3n) is 6.30. The topological polar surface area (TPSA) is 21.7 Å². The van der Waals surface area contributed by atoms with Crippen molar-refractivity contribution in [1.29, 1.82) is 0 Å². The lowest BCUT2D eigenvalue weighted by Gasteiger charge is -2.30. The molecule has 2 aromatic carbocycles. The van der Waals surface area contributed by atoms with Gasteiger partial charge >= 0.3 is 0 Å². The summed E-state index contributed by atoms with van der Waals surface area (Å²) >= 11 is 0. The van der Waals surface area contributed by atoms with E-state index in [-0.39, 0.29) is 10.8 Å². The molecule has 1 fully saturated rings. The molecule has 164 valence electrons. The summed E-state index contributed by atoms with van der Waals surface area (Å²) < 4.78 is 11.9. The molecule has 30 heavy (non-hydrogen) atoms. The largest absolute Gasteiger partial charge is 0.497 e. The predicted molar refractivity (Wildman–Crippen MR) is 126 cm³/mol. The molecule has 0 saturated carbocycles. The molecule has 3 nitrogen and oxygen atoms in total. The minimum absolute atomic E-state index is 0.00628. The van der Waals surface area contributed by atoms with E-state index in [0.717, 1.165) is 43.9 Å². The molecule has 0 aromatic heterocycles. The molecule has 0 atom stereocenters. The number of benzene rings is 2. The number of methoxy groups -OCH3 is 1. The monoisotopic (exact) mass is 409 g/mol. The zero-order valence-electron chi connectivity index (χ0n) is 19.9. The summed E-state index contributed by atoms with van der Waals surface area (Å²) in [6, 6.07) is 15.4. The Morgan fingerprint density at radius 2 is 1.57 bits per heavy atom. The van der Waals surface area contributed by atoms with Crippen LogP contribution < -0.4 is 9.47 Å². The average Bonchev–Trinajstić information content (AvgIpc) is 2.69. The number of rotatable bonds is 6. The van der Waals surface area contributed by atoms with Crippen molar-refractivity contribution in [3.8, 4) is 11.5 Å². The number of ether oxygens (including phenoxy) is 2. The fraction of sp³-hybridized carbons (Fsp3) is 0.556. The van der Waals surface area contributed by atoms with Crippen molar-refractivity contribution in [3.05, 3.63) is 59.2 Å². The highest BCUT2D eigenvalue weighted by Gasteiger charge is 2.25. The first-order valence-corrected chi connectivity index (χ1v) is 11.2. The summed E-state index contributed by atoms with van der Waals surface area (Å²) in [4.78, 5) is 2.37. The first-order valence-electron chi connectivity index (χ1n) is 11.2. The average molecular weight is 410 g/mol. The third-order valence-corrected chi connectivity index (χ3v) is 6.30. The Hall–Kier alpha value is -2.00. The molecule has 3 rings (SSSR count). The summed E-state index contributed by atoms with van der Waals surface area (Å²) in [6.07, 6.45) is 3.48. The number of hydrogen-bond donors (Lipinski definition) is 0. The number of hydrogen-bond acceptors (Lipinski definition) is 3. The molecule has 0 unspecified atom stereocenters. The van der Waals surface area contributed by atoms with Crippen molar-refractivity contribution < 1.29 is 9.47 Å². The van der Waals surface area contributed by atoms with Crippen LogP contribution >= 0.6 is 0 Å². The second kappa shape index (κ2) is 9.01. The van der Waals surface area contributed by atoms with Crippen LogP contribution in [-0.2, 0) is 17.3 Å². The van der Waals surface area contributed by atoms with Gasteiger partial charge in [0.05, 0.1) is 7.11 Å². The van der Waals surface area contributed by atoms with E-state index >= 15 is 0 Å². The smallest absolute Gasteiger partial charge is 0.120 e. The van der Waals surface area contributed by atoms with Crippen LogP contribution in [0.15, 0.2) is 42.5 Å². The van der Waals surface area contributed by atoms with E-state index in [1.54, 1.807) is 7.11 Å². The van der Waals surface area contributed by atoms with Crippen LogP contribution in [-0.4, -0.2) is 38.3 Å². The highest BCUT2D eigenvalue weighted by molar-refractivity contribution is 5.40. The van der Waals surface area contributed by atoms with E-state index in [0.29, 0.717) is 6.10 Å². The lowest BCUT2D eigenvalue weighted by Crippen LogP contribution is -2.35. The van der Waals surface area contributed by atoms with Crippen LogP contribution in [0.1, 0.15) is 64.2 Å². The van der Waals surface area contributed by atoms with Crippen LogP contribution in [0.2, 0.25) is 0 Å². The standard InChI is InChI=1S/C27H39NO2/c1-26(2,3)22-15-20(16-25(18-22)29-7)19-27(4,5)21-9-8-10-24(17-21)30-23-11-13-28(6)14-12-23/h8-10,15-18,23H,11-14,19H2,1-7H3. The molecule has 1 aliphatic rings. The first kappa shape index (κ1) is 22.7. The zero-order chi connectivity index (χ0) is 21.9. The van der Waals surface area contributed by atoms with Crippen molar-refractivity contribution in [1.82, 2.24) is 4.90 Å². The normalized spacial score (nSPS) is 16.5. The van der Waals surface area contributed by atoms with Crippen molar-refractivity contribution >= 4 is 0 Å². The van der Waals surface area contributed by atoms with Gasteiger partial charge in [0.15, 0.2) is 0 Å². The molecule has 0 amide bonds. The predicted octanol–water partition coefficient (Wildman–Crippen LogP) is 5.99. The fourth-order valence-electron chi connectivity index (χ4n) is 4.21. The lowest BCUT2D eigenvalue weighted by molar-refractivity contribution is 0.114. The van der Waals surface area contributed by atoms with Crippen LogP contribution in [0.5, 0.6) is 11.5 Å². The highest BCUT2D eigenvalue weighted by atomic mass is 16.5. The van der Waals surface area contributed by atoms with E-state index in [1.165, 1.54) is 16.7 Å². The summed E-state index contributed by atoms with van der Waals surface area (Å²) in [7, 11) is 3.93. The fourth-order valence-corrected chi connectivity index (χ4v) is 4.21. The van der Waals surface area contributed by atoms with E-state index in [4.69, 9.17) is 9.47 Å². The molecule has 0 radical (unpaired) electrons. The summed E-state index contributed by atoms with van der Waals surface area (Å²) in [6.45, 7) is 13.6. The highest BCUT2D eigenvalue weighted by Crippen LogP contribution is 2.34. The van der Waals surface area contributed by atoms with Gasteiger partial charge < -0.3 is 14.4 Å². The van der Waals surface area contributed by atoms with E-state index in [9.17, 15) is 0 Å². The van der Waals surface area contributed by atoms with Crippen LogP contribution in [0.25, 0.3) is 0 Å². The van der Waals surface area contributed by atoms with Gasteiger partial charge in [-0.1, -0.05) is 52.8 Å². The van der Waals surface area contributed by atoms with Gasteiger partial charge in [0.2, 0.25) is 0 Å². The summed E-state index contributed by atoms with van der Waals surface area (Å²) in [5.41, 5.74) is 4.02. The maximum Gasteiger partial charge on any atom is 0.120 e. The minimum Gasteiger partial charge on any atom is -0.497 e. The Bertz CT molecular complexity index is 842. The lowest BCUT2D eigenvalue weighted by atomic mass is 9.77. The molecule has 1 aliphatic heterocycles. The molecule has 0 N–H and O–H groups in total. The summed E-state index contributed by atoms with van der Waals surface area (Å²) in [5.74, 6) is 1.93. The van der Waals surface area contributed by atoms with Gasteiger partial charge in [0.25, 0.3) is 0 Å². The second-order valence-corrected chi connectivity index (χ2v) is 10.5. The molecule has 3 heteroatoms. The SMILES string of the molecule is COc1cc(CC(C)(C)c2cccc(OC3CCN(C)CC3)c2)cc(C(C)(C)C)c1. The van der Waals surface area contributed by atoms with Crippen molar-refractivity contribution in [2.75, 3.05) is 27.2 Å². The Labute approximate surface area is 183 Å². The van der Waals surface area contributed by atoms with Crippen LogP contribution in [0, 0.1) is 0 Å². The van der Waals surface area contributed by atoms with E-state index in [2.05, 4.69) is 89.0 Å². The van der Waals surface area contributed by atoms with E-state index in [1.807, 2.05) is 0 Å². The van der Waals surface area contributed by atoms with Gasteiger partial charge in [-0.15, -0.1) is 0 Å². The Balaban J connectivity index is 1.79. The molecular formula is C27H39NO2. The Kier molecular flexibility index (Phi) is 6.81. The minimum atomic E-state index is -0.00628. The molecule has 1 saturated heterocycles. The van der Waals surface area contributed by atoms with E-state index < -0.39 is 0 Å². The Morgan fingerprint density at radius 3 is 2.20 bits per heavy atom. The molecule has 0 aliphatic carbocycles. The van der Waals surface area contributed by atoms with Gasteiger partial charge in [-0.3, -0.25) is 0 Å². The third kappa shape index (κ3) is 5.78. The van der Waals surface area contributed by atoms with Gasteiger partial charge in [-0.2, -0.15) is 0 Å². The van der Waals surface area contributed by atoms with Crippen molar-refractivity contribution in [2.24, 2.45) is 0 Å². The first-order chi connectivity index (χ1) is 14.1. The molecule has 0 bridgehead atoms. The maximum absolute atomic E-state index is 6.34. The van der Waals surface area contributed by atoms with Crippen LogP contribution in [0.3, 0.4) is 0 Å². The maximum atomic E-state index is 6.34. The number of piperidine rings is 1. The van der Waals surface area contributed by atoms with Gasteiger partial charge in [-0.25, -0.2) is 0 Å². The van der Waals surface area contributed by atoms with Crippen molar-refractivity contribution in [2.45, 2.75) is 70.8 Å². The Morgan fingerprint density at radius 1 is 0.900 bits per heavy atom. The van der Waals surface area contributed by atoms with Crippen molar-refractivity contribution in [3.63, 3.8) is 0 Å². The van der Waals surface area contributed by atoms with Gasteiger partial charge in [0, 0.05) is 13.1 Å². The molecule has 2 aromatic rings. The molecular weight excluding hydrogens is 370 g/mol. The van der Waals surface area contributed by atoms with Gasteiger partial charge in [-0.05, 0) is 78.1 Å². The number of likely N-dealkylation sites (tertiary alicyclic amines) is 1. The van der Waals surface area contributed by atoms with Gasteiger partial charge in [0.1, 0.15) is 17.6 Å².